The summed E-state index contributed by atoms with van der Waals surface area (Å²) < 4.78 is 9.81. The van der Waals surface area contributed by atoms with E-state index < -0.39 is 29.5 Å². The molecule has 1 aliphatic rings. The molecule has 18 heavy (non-hydrogen) atoms. The van der Waals surface area contributed by atoms with Crippen molar-refractivity contribution in [2.24, 2.45) is 11.8 Å². The van der Waals surface area contributed by atoms with Crippen LogP contribution in [0, 0.1) is 11.8 Å². The van der Waals surface area contributed by atoms with E-state index in [-0.39, 0.29) is 13.1 Å². The minimum Gasteiger partial charge on any atom is -0.469 e. The molecule has 0 aromatic carbocycles. The molecular weight excluding hydrogens is 238 g/mol. The lowest BCUT2D eigenvalue weighted by atomic mass is 9.98. The van der Waals surface area contributed by atoms with E-state index >= 15 is 0 Å². The summed E-state index contributed by atoms with van der Waals surface area (Å²) in [5.74, 6) is -1.59. The van der Waals surface area contributed by atoms with Gasteiger partial charge in [-0.3, -0.25) is 4.79 Å². The molecule has 0 aliphatic carbocycles. The Bertz CT molecular complexity index is 347. The molecule has 1 amide bonds. The average molecular weight is 257 g/mol. The monoisotopic (exact) mass is 257 g/mol. The molecule has 0 aromatic heterocycles. The molecule has 1 heterocycles. The molecule has 6 heteroatoms. The van der Waals surface area contributed by atoms with Crippen molar-refractivity contribution in [1.82, 2.24) is 4.90 Å². The van der Waals surface area contributed by atoms with E-state index in [1.165, 1.54) is 12.0 Å². The van der Waals surface area contributed by atoms with Gasteiger partial charge in [-0.2, -0.15) is 0 Å². The number of rotatable bonds is 2. The Morgan fingerprint density at radius 2 is 1.89 bits per heavy atom. The van der Waals surface area contributed by atoms with Crippen LogP contribution in [-0.4, -0.2) is 49.0 Å². The number of carbonyl (C=O) groups excluding carboxylic acids is 3. The summed E-state index contributed by atoms with van der Waals surface area (Å²) in [6.45, 7) is 5.63. The van der Waals surface area contributed by atoms with Crippen LogP contribution in [-0.2, 0) is 19.1 Å². The second kappa shape index (κ2) is 5.37. The van der Waals surface area contributed by atoms with Crippen molar-refractivity contribution in [3.8, 4) is 0 Å². The Kier molecular flexibility index (Phi) is 4.32. The number of aldehydes is 1. The topological polar surface area (TPSA) is 72.9 Å². The highest BCUT2D eigenvalue weighted by molar-refractivity contribution is 5.80. The zero-order valence-corrected chi connectivity index (χ0v) is 11.1. The van der Waals surface area contributed by atoms with Crippen LogP contribution in [0.15, 0.2) is 0 Å². The Morgan fingerprint density at radius 1 is 1.28 bits per heavy atom. The lowest BCUT2D eigenvalue weighted by molar-refractivity contribution is -0.147. The van der Waals surface area contributed by atoms with Gasteiger partial charge in [0.2, 0.25) is 0 Å². The highest BCUT2D eigenvalue weighted by Crippen LogP contribution is 2.24. The highest BCUT2D eigenvalue weighted by Gasteiger charge is 2.41. The van der Waals surface area contributed by atoms with Gasteiger partial charge in [0, 0.05) is 19.0 Å². The molecule has 2 atom stereocenters. The molecule has 0 N–H and O–H groups in total. The summed E-state index contributed by atoms with van der Waals surface area (Å²) in [5, 5.41) is 0. The zero-order valence-electron chi connectivity index (χ0n) is 11.1. The minimum absolute atomic E-state index is 0.158. The number of carbonyl (C=O) groups is 3. The Morgan fingerprint density at radius 3 is 2.33 bits per heavy atom. The van der Waals surface area contributed by atoms with Gasteiger partial charge in [0.05, 0.1) is 13.0 Å². The number of nitrogens with zero attached hydrogens (tertiary/aromatic N) is 1. The summed E-state index contributed by atoms with van der Waals surface area (Å²) in [5.41, 5.74) is -0.600. The van der Waals surface area contributed by atoms with Gasteiger partial charge in [-0.25, -0.2) is 4.79 Å². The summed E-state index contributed by atoms with van der Waals surface area (Å²) in [6, 6.07) is 0. The summed E-state index contributed by atoms with van der Waals surface area (Å²) in [6.07, 6.45) is 0.173. The SMILES string of the molecule is COC(=O)[C@H]1CN(C(=O)OC(C)(C)C)C[C@@H]1C=O. The van der Waals surface area contributed by atoms with Crippen LogP contribution in [0.2, 0.25) is 0 Å². The Labute approximate surface area is 106 Å². The molecule has 0 radical (unpaired) electrons. The van der Waals surface area contributed by atoms with Gasteiger partial charge in [0.25, 0.3) is 0 Å². The molecule has 0 saturated carbocycles. The van der Waals surface area contributed by atoms with E-state index in [4.69, 9.17) is 4.74 Å². The molecular formula is C12H19NO5. The molecule has 0 aromatic rings. The van der Waals surface area contributed by atoms with E-state index in [9.17, 15) is 14.4 Å². The molecule has 0 bridgehead atoms. The van der Waals surface area contributed by atoms with Crippen LogP contribution in [0.5, 0.6) is 0 Å². The van der Waals surface area contributed by atoms with E-state index in [0.717, 1.165) is 0 Å². The molecule has 1 fully saturated rings. The average Bonchev–Trinajstić information content (AvgIpc) is 2.69. The van der Waals surface area contributed by atoms with Crippen LogP contribution in [0.1, 0.15) is 20.8 Å². The highest BCUT2D eigenvalue weighted by atomic mass is 16.6. The van der Waals surface area contributed by atoms with Gasteiger partial charge in [-0.05, 0) is 20.8 Å². The molecule has 0 unspecified atom stereocenters. The predicted molar refractivity (Wildman–Crippen MR) is 62.9 cm³/mol. The number of methoxy groups -OCH3 is 1. The third-order valence-electron chi connectivity index (χ3n) is 2.70. The van der Waals surface area contributed by atoms with Crippen LogP contribution in [0.4, 0.5) is 4.79 Å². The smallest absolute Gasteiger partial charge is 0.410 e. The van der Waals surface area contributed by atoms with Gasteiger partial charge in [0.1, 0.15) is 11.9 Å². The minimum atomic E-state index is -0.600. The summed E-state index contributed by atoms with van der Waals surface area (Å²) in [7, 11) is 1.26. The van der Waals surface area contributed by atoms with Gasteiger partial charge in [-0.15, -0.1) is 0 Å². The normalized spacial score (nSPS) is 23.7. The maximum Gasteiger partial charge on any atom is 0.410 e. The first-order valence-electron chi connectivity index (χ1n) is 5.79. The lowest BCUT2D eigenvalue weighted by Gasteiger charge is -2.24. The maximum atomic E-state index is 11.8. The third-order valence-corrected chi connectivity index (χ3v) is 2.70. The first-order valence-corrected chi connectivity index (χ1v) is 5.79. The fourth-order valence-corrected chi connectivity index (χ4v) is 1.84. The number of likely N-dealkylation sites (tertiary alicyclic amines) is 1. The van der Waals surface area contributed by atoms with Gasteiger partial charge in [0.15, 0.2) is 0 Å². The number of hydrogen-bond donors (Lipinski definition) is 0. The van der Waals surface area contributed by atoms with Gasteiger partial charge < -0.3 is 19.2 Å². The van der Waals surface area contributed by atoms with Crippen molar-refractivity contribution in [1.29, 1.82) is 0 Å². The molecule has 1 saturated heterocycles. The Balaban J connectivity index is 2.69. The quantitative estimate of drug-likeness (QED) is 0.541. The van der Waals surface area contributed by atoms with Crippen LogP contribution < -0.4 is 0 Å². The number of amides is 1. The first kappa shape index (κ1) is 14.5. The standard InChI is InChI=1S/C12H19NO5/c1-12(2,3)18-11(16)13-5-8(7-14)9(6-13)10(15)17-4/h7-9H,5-6H2,1-4H3/t8-,9+/m1/s1. The van der Waals surface area contributed by atoms with E-state index in [1.54, 1.807) is 20.8 Å². The van der Waals surface area contributed by atoms with Crippen molar-refractivity contribution in [2.75, 3.05) is 20.2 Å². The van der Waals surface area contributed by atoms with Crippen LogP contribution in [0.3, 0.4) is 0 Å². The number of esters is 1. The van der Waals surface area contributed by atoms with Crippen molar-refractivity contribution in [3.05, 3.63) is 0 Å². The summed E-state index contributed by atoms with van der Waals surface area (Å²) in [4.78, 5) is 35.6. The first-order chi connectivity index (χ1) is 8.28. The van der Waals surface area contributed by atoms with E-state index in [0.29, 0.717) is 6.29 Å². The molecule has 102 valence electrons. The van der Waals surface area contributed by atoms with Crippen molar-refractivity contribution >= 4 is 18.3 Å². The van der Waals surface area contributed by atoms with Crippen molar-refractivity contribution < 1.29 is 23.9 Å². The van der Waals surface area contributed by atoms with Gasteiger partial charge in [-0.1, -0.05) is 0 Å². The molecule has 1 aliphatic heterocycles. The lowest BCUT2D eigenvalue weighted by Crippen LogP contribution is -2.36. The third kappa shape index (κ3) is 3.45. The van der Waals surface area contributed by atoms with Gasteiger partial charge >= 0.3 is 12.1 Å². The molecule has 0 spiro atoms. The predicted octanol–water partition coefficient (Wildman–Crippen LogP) is 0.841. The Hall–Kier alpha value is -1.59. The largest absolute Gasteiger partial charge is 0.469 e. The molecule has 6 nitrogen and oxygen atoms in total. The van der Waals surface area contributed by atoms with E-state index in [1.807, 2.05) is 0 Å². The maximum absolute atomic E-state index is 11.8. The zero-order chi connectivity index (χ0) is 13.9. The second-order valence-electron chi connectivity index (χ2n) is 5.31. The van der Waals surface area contributed by atoms with Crippen molar-refractivity contribution in [3.63, 3.8) is 0 Å². The second-order valence-corrected chi connectivity index (χ2v) is 5.31. The van der Waals surface area contributed by atoms with Crippen molar-refractivity contribution in [2.45, 2.75) is 26.4 Å². The number of ether oxygens (including phenoxy) is 2. The van der Waals surface area contributed by atoms with E-state index in [2.05, 4.69) is 4.74 Å². The molecule has 1 rings (SSSR count). The fourth-order valence-electron chi connectivity index (χ4n) is 1.84. The van der Waals surface area contributed by atoms with Crippen LogP contribution in [0.25, 0.3) is 0 Å². The van der Waals surface area contributed by atoms with Crippen LogP contribution >= 0.6 is 0 Å². The summed E-state index contributed by atoms with van der Waals surface area (Å²) >= 11 is 0. The fraction of sp³-hybridized carbons (Fsp3) is 0.750. The number of hydrogen-bond acceptors (Lipinski definition) is 5.